The van der Waals surface area contributed by atoms with Crippen molar-refractivity contribution in [2.75, 3.05) is 16.8 Å². The van der Waals surface area contributed by atoms with Gasteiger partial charge in [0, 0.05) is 24.3 Å². The Labute approximate surface area is 133 Å². The van der Waals surface area contributed by atoms with Gasteiger partial charge >= 0.3 is 0 Å². The first-order chi connectivity index (χ1) is 11.0. The Bertz CT molecular complexity index is 743. The standard InChI is InChI=1S/C18H17FN2O2/c1-12-4-2-3-5-16(12)20-18(23)13-10-17(22)21(11-13)15-8-6-14(19)7-9-15/h2-9,13H,10-11H2,1H3,(H,20,23)/t13-/m0/s1. The van der Waals surface area contributed by atoms with Gasteiger partial charge in [0.25, 0.3) is 0 Å². The number of halogens is 1. The van der Waals surface area contributed by atoms with E-state index in [0.29, 0.717) is 12.2 Å². The fourth-order valence-corrected chi connectivity index (χ4v) is 2.70. The molecule has 1 saturated heterocycles. The van der Waals surface area contributed by atoms with Gasteiger partial charge in [-0.3, -0.25) is 9.59 Å². The Morgan fingerprint density at radius 3 is 2.57 bits per heavy atom. The zero-order valence-corrected chi connectivity index (χ0v) is 12.8. The Morgan fingerprint density at radius 1 is 1.17 bits per heavy atom. The molecule has 1 fully saturated rings. The zero-order valence-electron chi connectivity index (χ0n) is 12.8. The predicted molar refractivity (Wildman–Crippen MR) is 86.7 cm³/mol. The van der Waals surface area contributed by atoms with Crippen molar-refractivity contribution in [3.05, 3.63) is 59.9 Å². The molecule has 3 rings (SSSR count). The summed E-state index contributed by atoms with van der Waals surface area (Å²) in [7, 11) is 0. The summed E-state index contributed by atoms with van der Waals surface area (Å²) in [5.41, 5.74) is 2.34. The van der Waals surface area contributed by atoms with Crippen LogP contribution in [0, 0.1) is 18.7 Å². The van der Waals surface area contributed by atoms with Crippen LogP contribution in [0.3, 0.4) is 0 Å². The van der Waals surface area contributed by atoms with Crippen molar-refractivity contribution >= 4 is 23.2 Å². The number of nitrogens with zero attached hydrogens (tertiary/aromatic N) is 1. The molecule has 5 heteroatoms. The minimum atomic E-state index is -0.410. The molecule has 2 aromatic rings. The molecule has 2 aromatic carbocycles. The number of rotatable bonds is 3. The lowest BCUT2D eigenvalue weighted by Crippen LogP contribution is -2.28. The third-order valence-corrected chi connectivity index (χ3v) is 4.04. The van der Waals surface area contributed by atoms with Crippen LogP contribution in [-0.2, 0) is 9.59 Å². The van der Waals surface area contributed by atoms with Gasteiger partial charge in [0.1, 0.15) is 5.82 Å². The first-order valence-corrected chi connectivity index (χ1v) is 7.47. The van der Waals surface area contributed by atoms with Crippen LogP contribution in [0.4, 0.5) is 15.8 Å². The van der Waals surface area contributed by atoms with Gasteiger partial charge in [-0.25, -0.2) is 4.39 Å². The quantitative estimate of drug-likeness (QED) is 0.946. The molecule has 0 bridgehead atoms. The fourth-order valence-electron chi connectivity index (χ4n) is 2.70. The summed E-state index contributed by atoms with van der Waals surface area (Å²) in [5.74, 6) is -1.06. The van der Waals surface area contributed by atoms with Crippen molar-refractivity contribution in [3.8, 4) is 0 Å². The predicted octanol–water partition coefficient (Wildman–Crippen LogP) is 3.13. The molecule has 1 aliphatic rings. The van der Waals surface area contributed by atoms with Crippen LogP contribution in [0.5, 0.6) is 0 Å². The first kappa shape index (κ1) is 15.2. The molecule has 0 unspecified atom stereocenters. The minimum absolute atomic E-state index is 0.124. The highest BCUT2D eigenvalue weighted by Gasteiger charge is 2.35. The van der Waals surface area contributed by atoms with Gasteiger partial charge in [0.05, 0.1) is 5.92 Å². The summed E-state index contributed by atoms with van der Waals surface area (Å²) in [6, 6.07) is 13.2. The van der Waals surface area contributed by atoms with Crippen LogP contribution in [-0.4, -0.2) is 18.4 Å². The van der Waals surface area contributed by atoms with Crippen molar-refractivity contribution in [2.45, 2.75) is 13.3 Å². The molecule has 0 saturated carbocycles. The molecular weight excluding hydrogens is 295 g/mol. The van der Waals surface area contributed by atoms with Gasteiger partial charge in [-0.05, 0) is 42.8 Å². The Morgan fingerprint density at radius 2 is 1.87 bits per heavy atom. The highest BCUT2D eigenvalue weighted by molar-refractivity contribution is 6.03. The second-order valence-corrected chi connectivity index (χ2v) is 5.69. The molecule has 1 N–H and O–H groups in total. The smallest absolute Gasteiger partial charge is 0.229 e. The molecule has 0 aromatic heterocycles. The van der Waals surface area contributed by atoms with Crippen molar-refractivity contribution in [2.24, 2.45) is 5.92 Å². The lowest BCUT2D eigenvalue weighted by molar-refractivity contribution is -0.122. The van der Waals surface area contributed by atoms with Gasteiger partial charge in [-0.15, -0.1) is 0 Å². The lowest BCUT2D eigenvalue weighted by atomic mass is 10.1. The van der Waals surface area contributed by atoms with Gasteiger partial charge in [0.2, 0.25) is 11.8 Å². The molecule has 1 heterocycles. The van der Waals surface area contributed by atoms with E-state index in [1.165, 1.54) is 17.0 Å². The zero-order chi connectivity index (χ0) is 16.4. The normalized spacial score (nSPS) is 17.4. The van der Waals surface area contributed by atoms with Gasteiger partial charge < -0.3 is 10.2 Å². The van der Waals surface area contributed by atoms with Crippen molar-refractivity contribution in [1.82, 2.24) is 0 Å². The van der Waals surface area contributed by atoms with Crippen LogP contribution >= 0.6 is 0 Å². The van der Waals surface area contributed by atoms with E-state index in [2.05, 4.69) is 5.32 Å². The second-order valence-electron chi connectivity index (χ2n) is 5.69. The van der Waals surface area contributed by atoms with Gasteiger partial charge in [-0.2, -0.15) is 0 Å². The van der Waals surface area contributed by atoms with Gasteiger partial charge in [-0.1, -0.05) is 18.2 Å². The summed E-state index contributed by atoms with van der Waals surface area (Å²) in [6.07, 6.45) is 0.162. The largest absolute Gasteiger partial charge is 0.326 e. The third kappa shape index (κ3) is 3.23. The number of anilines is 2. The summed E-state index contributed by atoms with van der Waals surface area (Å²) in [5, 5.41) is 2.88. The number of nitrogens with one attached hydrogen (secondary N) is 1. The minimum Gasteiger partial charge on any atom is -0.326 e. The van der Waals surface area contributed by atoms with E-state index in [0.717, 1.165) is 11.3 Å². The number of hydrogen-bond acceptors (Lipinski definition) is 2. The van der Waals surface area contributed by atoms with Crippen molar-refractivity contribution < 1.29 is 14.0 Å². The third-order valence-electron chi connectivity index (χ3n) is 4.04. The molecule has 23 heavy (non-hydrogen) atoms. The number of para-hydroxylation sites is 1. The second kappa shape index (κ2) is 6.20. The monoisotopic (exact) mass is 312 g/mol. The van der Waals surface area contributed by atoms with E-state index in [9.17, 15) is 14.0 Å². The lowest BCUT2D eigenvalue weighted by Gasteiger charge is -2.17. The van der Waals surface area contributed by atoms with Gasteiger partial charge in [0.15, 0.2) is 0 Å². The van der Waals surface area contributed by atoms with E-state index < -0.39 is 5.92 Å². The highest BCUT2D eigenvalue weighted by atomic mass is 19.1. The number of hydrogen-bond donors (Lipinski definition) is 1. The molecule has 0 spiro atoms. The number of carbonyl (C=O) groups is 2. The molecule has 1 aliphatic heterocycles. The number of benzene rings is 2. The maximum absolute atomic E-state index is 13.0. The van der Waals surface area contributed by atoms with Crippen LogP contribution in [0.2, 0.25) is 0 Å². The molecule has 0 aliphatic carbocycles. The van der Waals surface area contributed by atoms with E-state index in [4.69, 9.17) is 0 Å². The molecule has 2 amide bonds. The summed E-state index contributed by atoms with van der Waals surface area (Å²) < 4.78 is 13.0. The van der Waals surface area contributed by atoms with E-state index in [1.54, 1.807) is 12.1 Å². The molecule has 1 atom stereocenters. The average Bonchev–Trinajstić information content (AvgIpc) is 2.92. The van der Waals surface area contributed by atoms with Crippen LogP contribution in [0.1, 0.15) is 12.0 Å². The summed E-state index contributed by atoms with van der Waals surface area (Å²) in [6.45, 7) is 2.22. The fraction of sp³-hybridized carbons (Fsp3) is 0.222. The van der Waals surface area contributed by atoms with Crippen molar-refractivity contribution in [3.63, 3.8) is 0 Å². The molecule has 0 radical (unpaired) electrons. The highest BCUT2D eigenvalue weighted by Crippen LogP contribution is 2.26. The Balaban J connectivity index is 1.71. The van der Waals surface area contributed by atoms with Crippen molar-refractivity contribution in [1.29, 1.82) is 0 Å². The maximum atomic E-state index is 13.0. The molecule has 4 nitrogen and oxygen atoms in total. The van der Waals surface area contributed by atoms with Crippen LogP contribution in [0.25, 0.3) is 0 Å². The summed E-state index contributed by atoms with van der Waals surface area (Å²) in [4.78, 5) is 26.1. The van der Waals surface area contributed by atoms with Crippen LogP contribution < -0.4 is 10.2 Å². The molecule has 118 valence electrons. The van der Waals surface area contributed by atoms with E-state index in [-0.39, 0.29) is 24.1 Å². The number of amides is 2. The first-order valence-electron chi connectivity index (χ1n) is 7.47. The average molecular weight is 312 g/mol. The SMILES string of the molecule is Cc1ccccc1NC(=O)[C@H]1CC(=O)N(c2ccc(F)cc2)C1. The van der Waals surface area contributed by atoms with E-state index in [1.807, 2.05) is 31.2 Å². The number of aryl methyl sites for hydroxylation is 1. The van der Waals surface area contributed by atoms with E-state index >= 15 is 0 Å². The summed E-state index contributed by atoms with van der Waals surface area (Å²) >= 11 is 0. The Kier molecular flexibility index (Phi) is 4.10. The molecular formula is C18H17FN2O2. The van der Waals surface area contributed by atoms with Crippen LogP contribution in [0.15, 0.2) is 48.5 Å². The number of carbonyl (C=O) groups excluding carboxylic acids is 2. The maximum Gasteiger partial charge on any atom is 0.229 e. The Hall–Kier alpha value is -2.69. The topological polar surface area (TPSA) is 49.4 Å².